The second-order valence-corrected chi connectivity index (χ2v) is 10.2. The van der Waals surface area contributed by atoms with Gasteiger partial charge in [0.1, 0.15) is 5.75 Å². The standard InChI is InChI=1S/C30H41N3O2/c1-2-30(25-11-10-12-26(34)21-25)17-7-9-20-33(23-30)19-8-3-4-15-29(35)31-18-16-24-22-32-28-14-6-5-13-27(24)28/h5-6,10-14,21-22,32,34H,2-4,7-9,15-20,23H2,1H3,(H,31,35). The summed E-state index contributed by atoms with van der Waals surface area (Å²) in [5.74, 6) is 0.527. The lowest BCUT2D eigenvalue weighted by Crippen LogP contribution is -2.39. The molecule has 5 nitrogen and oxygen atoms in total. The minimum Gasteiger partial charge on any atom is -0.508 e. The molecule has 1 aliphatic rings. The van der Waals surface area contributed by atoms with Crippen molar-refractivity contribution in [2.45, 2.75) is 70.1 Å². The number of carbonyl (C=O) groups excluding carboxylic acids is 1. The average Bonchev–Trinajstić information content (AvgIpc) is 3.15. The zero-order valence-electron chi connectivity index (χ0n) is 21.2. The summed E-state index contributed by atoms with van der Waals surface area (Å²) in [5.41, 5.74) is 3.81. The quantitative estimate of drug-likeness (QED) is 0.301. The number of hydrogen-bond donors (Lipinski definition) is 3. The van der Waals surface area contributed by atoms with Gasteiger partial charge in [-0.2, -0.15) is 0 Å². The third kappa shape index (κ3) is 6.66. The van der Waals surface area contributed by atoms with Crippen molar-refractivity contribution in [3.05, 3.63) is 65.9 Å². The Hall–Kier alpha value is -2.79. The van der Waals surface area contributed by atoms with Gasteiger partial charge >= 0.3 is 0 Å². The maximum absolute atomic E-state index is 12.3. The van der Waals surface area contributed by atoms with Crippen molar-refractivity contribution >= 4 is 16.8 Å². The molecule has 1 amide bonds. The van der Waals surface area contributed by atoms with Crippen LogP contribution >= 0.6 is 0 Å². The molecule has 5 heteroatoms. The summed E-state index contributed by atoms with van der Waals surface area (Å²) < 4.78 is 0. The molecule has 1 aromatic heterocycles. The largest absolute Gasteiger partial charge is 0.508 e. The van der Waals surface area contributed by atoms with Gasteiger partial charge in [-0.05, 0) is 80.9 Å². The Labute approximate surface area is 209 Å². The summed E-state index contributed by atoms with van der Waals surface area (Å²) in [6.45, 7) is 6.26. The molecule has 3 N–H and O–H groups in total. The number of rotatable bonds is 11. The van der Waals surface area contributed by atoms with Crippen LogP contribution in [-0.2, 0) is 16.6 Å². The summed E-state index contributed by atoms with van der Waals surface area (Å²) in [7, 11) is 0. The fourth-order valence-corrected chi connectivity index (χ4v) is 5.70. The number of phenolic OH excluding ortho intramolecular Hbond substituents is 1. The minimum absolute atomic E-state index is 0.125. The van der Waals surface area contributed by atoms with Crippen LogP contribution in [0.5, 0.6) is 5.75 Å². The number of amides is 1. The Morgan fingerprint density at radius 2 is 2.00 bits per heavy atom. The molecule has 0 bridgehead atoms. The van der Waals surface area contributed by atoms with E-state index in [1.54, 1.807) is 6.07 Å². The number of carbonyl (C=O) groups is 1. The molecule has 1 fully saturated rings. The van der Waals surface area contributed by atoms with Crippen LogP contribution < -0.4 is 5.32 Å². The number of aromatic amines is 1. The van der Waals surface area contributed by atoms with E-state index in [2.05, 4.69) is 46.4 Å². The van der Waals surface area contributed by atoms with Crippen LogP contribution in [0, 0.1) is 0 Å². The zero-order valence-corrected chi connectivity index (χ0v) is 21.2. The smallest absolute Gasteiger partial charge is 0.220 e. The van der Waals surface area contributed by atoms with E-state index in [4.69, 9.17) is 0 Å². The lowest BCUT2D eigenvalue weighted by atomic mass is 9.74. The van der Waals surface area contributed by atoms with Gasteiger partial charge < -0.3 is 20.3 Å². The first-order valence-corrected chi connectivity index (χ1v) is 13.4. The van der Waals surface area contributed by atoms with Gasteiger partial charge in [0.2, 0.25) is 5.91 Å². The van der Waals surface area contributed by atoms with Gasteiger partial charge in [-0.15, -0.1) is 0 Å². The Balaban J connectivity index is 1.16. The summed E-state index contributed by atoms with van der Waals surface area (Å²) in [5, 5.41) is 14.4. The van der Waals surface area contributed by atoms with Gasteiger partial charge in [-0.1, -0.05) is 50.1 Å². The van der Waals surface area contributed by atoms with E-state index < -0.39 is 0 Å². The van der Waals surface area contributed by atoms with E-state index in [0.717, 1.165) is 57.3 Å². The SMILES string of the molecule is CCC1(c2cccc(O)c2)CCCCN(CCCCCC(=O)NCCc2c[nH]c3ccccc23)C1. The van der Waals surface area contributed by atoms with Crippen molar-refractivity contribution < 1.29 is 9.90 Å². The zero-order chi connectivity index (χ0) is 24.5. The van der Waals surface area contributed by atoms with Gasteiger partial charge in [0, 0.05) is 42.0 Å². The van der Waals surface area contributed by atoms with E-state index in [0.29, 0.717) is 18.7 Å². The molecule has 1 unspecified atom stereocenters. The van der Waals surface area contributed by atoms with Gasteiger partial charge in [0.05, 0.1) is 0 Å². The van der Waals surface area contributed by atoms with E-state index in [-0.39, 0.29) is 11.3 Å². The van der Waals surface area contributed by atoms with Crippen LogP contribution in [0.2, 0.25) is 0 Å². The number of para-hydroxylation sites is 1. The highest BCUT2D eigenvalue weighted by Crippen LogP contribution is 2.37. The molecule has 0 saturated carbocycles. The molecule has 1 saturated heterocycles. The lowest BCUT2D eigenvalue weighted by Gasteiger charge is -2.36. The highest BCUT2D eigenvalue weighted by molar-refractivity contribution is 5.83. The predicted molar refractivity (Wildman–Crippen MR) is 144 cm³/mol. The van der Waals surface area contributed by atoms with Gasteiger partial charge in [-0.25, -0.2) is 0 Å². The molecule has 0 spiro atoms. The molecule has 188 valence electrons. The normalized spacial score (nSPS) is 19.0. The lowest BCUT2D eigenvalue weighted by molar-refractivity contribution is -0.121. The molecule has 0 aliphatic carbocycles. The molecule has 2 aromatic carbocycles. The topological polar surface area (TPSA) is 68.4 Å². The molecular formula is C30H41N3O2. The van der Waals surface area contributed by atoms with Crippen molar-refractivity contribution in [2.24, 2.45) is 0 Å². The number of unbranched alkanes of at least 4 members (excludes halogenated alkanes) is 2. The van der Waals surface area contributed by atoms with Crippen LogP contribution in [0.1, 0.15) is 69.4 Å². The number of H-pyrrole nitrogens is 1. The number of likely N-dealkylation sites (tertiary alicyclic amines) is 1. The second-order valence-electron chi connectivity index (χ2n) is 10.2. The third-order valence-corrected chi connectivity index (χ3v) is 7.81. The Morgan fingerprint density at radius 3 is 2.86 bits per heavy atom. The summed E-state index contributed by atoms with van der Waals surface area (Å²) in [6.07, 6.45) is 11.4. The number of nitrogens with one attached hydrogen (secondary N) is 2. The number of fused-ring (bicyclic) bond motifs is 1. The fraction of sp³-hybridized carbons (Fsp3) is 0.500. The monoisotopic (exact) mass is 475 g/mol. The summed E-state index contributed by atoms with van der Waals surface area (Å²) >= 11 is 0. The highest BCUT2D eigenvalue weighted by Gasteiger charge is 2.34. The maximum Gasteiger partial charge on any atom is 0.220 e. The average molecular weight is 476 g/mol. The van der Waals surface area contributed by atoms with Crippen LogP contribution in [0.4, 0.5) is 0 Å². The number of hydrogen-bond acceptors (Lipinski definition) is 3. The Morgan fingerprint density at radius 1 is 1.11 bits per heavy atom. The molecular weight excluding hydrogens is 434 g/mol. The summed E-state index contributed by atoms with van der Waals surface area (Å²) in [4.78, 5) is 18.2. The number of benzene rings is 2. The second kappa shape index (κ2) is 12.3. The van der Waals surface area contributed by atoms with E-state index in [9.17, 15) is 9.90 Å². The number of aromatic nitrogens is 1. The first kappa shape index (κ1) is 25.3. The fourth-order valence-electron chi connectivity index (χ4n) is 5.70. The van der Waals surface area contributed by atoms with E-state index in [1.165, 1.54) is 35.8 Å². The minimum atomic E-state index is 0.125. The predicted octanol–water partition coefficient (Wildman–Crippen LogP) is 5.93. The highest BCUT2D eigenvalue weighted by atomic mass is 16.3. The van der Waals surface area contributed by atoms with Crippen molar-refractivity contribution in [1.82, 2.24) is 15.2 Å². The maximum atomic E-state index is 12.3. The number of aromatic hydroxyl groups is 1. The van der Waals surface area contributed by atoms with Crippen molar-refractivity contribution in [1.29, 1.82) is 0 Å². The van der Waals surface area contributed by atoms with Crippen molar-refractivity contribution in [3.63, 3.8) is 0 Å². The van der Waals surface area contributed by atoms with Crippen molar-refractivity contribution in [2.75, 3.05) is 26.2 Å². The third-order valence-electron chi connectivity index (χ3n) is 7.81. The molecule has 3 aromatic rings. The molecule has 35 heavy (non-hydrogen) atoms. The van der Waals surface area contributed by atoms with Crippen LogP contribution in [0.3, 0.4) is 0 Å². The summed E-state index contributed by atoms with van der Waals surface area (Å²) in [6, 6.07) is 16.2. The molecule has 1 atom stereocenters. The number of phenols is 1. The number of nitrogens with zero attached hydrogens (tertiary/aromatic N) is 1. The van der Waals surface area contributed by atoms with Crippen LogP contribution in [0.15, 0.2) is 54.7 Å². The van der Waals surface area contributed by atoms with Crippen LogP contribution in [0.25, 0.3) is 10.9 Å². The molecule has 0 radical (unpaired) electrons. The van der Waals surface area contributed by atoms with Crippen molar-refractivity contribution in [3.8, 4) is 5.75 Å². The molecule has 2 heterocycles. The van der Waals surface area contributed by atoms with Crippen LogP contribution in [-0.4, -0.2) is 47.1 Å². The first-order chi connectivity index (χ1) is 17.1. The van der Waals surface area contributed by atoms with Gasteiger partial charge in [0.15, 0.2) is 0 Å². The van der Waals surface area contributed by atoms with Gasteiger partial charge in [-0.3, -0.25) is 4.79 Å². The van der Waals surface area contributed by atoms with Gasteiger partial charge in [0.25, 0.3) is 0 Å². The Bertz CT molecular complexity index is 1090. The van der Waals surface area contributed by atoms with E-state index in [1.807, 2.05) is 24.4 Å². The Kier molecular flexibility index (Phi) is 8.86. The van der Waals surface area contributed by atoms with E-state index >= 15 is 0 Å². The molecule has 4 rings (SSSR count). The first-order valence-electron chi connectivity index (χ1n) is 13.4. The molecule has 1 aliphatic heterocycles.